The molecule has 0 spiro atoms. The predicted octanol–water partition coefficient (Wildman–Crippen LogP) is 1.51. The summed E-state index contributed by atoms with van der Waals surface area (Å²) in [7, 11) is 1.08. The summed E-state index contributed by atoms with van der Waals surface area (Å²) in [5.41, 5.74) is 0. The highest BCUT2D eigenvalue weighted by atomic mass is 19.4. The monoisotopic (exact) mass is 265 g/mol. The lowest BCUT2D eigenvalue weighted by atomic mass is 10.1. The molecule has 0 aromatic rings. The maximum absolute atomic E-state index is 12.4. The molecule has 1 rings (SSSR count). The van der Waals surface area contributed by atoms with Gasteiger partial charge in [-0.05, 0) is 19.3 Å². The number of likely N-dealkylation sites (tertiary alicyclic amines) is 1. The van der Waals surface area contributed by atoms with Gasteiger partial charge in [-0.25, -0.2) is 4.79 Å². The topological polar surface area (TPSA) is 46.6 Å². The molecule has 2 atom stereocenters. The third-order valence-corrected chi connectivity index (χ3v) is 2.77. The number of carbonyl (C=O) groups excluding carboxylic acids is 2. The first-order valence-electron chi connectivity index (χ1n) is 5.39. The van der Waals surface area contributed by atoms with Crippen molar-refractivity contribution >= 4 is 11.9 Å². The molecular formula is C11H14F3NO3. The minimum absolute atomic E-state index is 0.123. The van der Waals surface area contributed by atoms with Gasteiger partial charge in [0.15, 0.2) is 0 Å². The molecule has 7 heteroatoms. The minimum Gasteiger partial charge on any atom is -0.467 e. The summed E-state index contributed by atoms with van der Waals surface area (Å²) in [6.45, 7) is 1.60. The molecule has 1 aliphatic rings. The molecule has 0 N–H and O–H groups in total. The molecule has 18 heavy (non-hydrogen) atoms. The van der Waals surface area contributed by atoms with Gasteiger partial charge in [-0.3, -0.25) is 4.79 Å². The van der Waals surface area contributed by atoms with Crippen molar-refractivity contribution in [3.05, 3.63) is 12.2 Å². The van der Waals surface area contributed by atoms with E-state index >= 15 is 0 Å². The number of carbonyl (C=O) groups is 2. The normalized spacial score (nSPS) is 24.6. The predicted molar refractivity (Wildman–Crippen MR) is 56.5 cm³/mol. The summed E-state index contributed by atoms with van der Waals surface area (Å²) in [4.78, 5) is 23.2. The molecule has 1 heterocycles. The Morgan fingerprint density at radius 3 is 2.44 bits per heavy atom. The summed E-state index contributed by atoms with van der Waals surface area (Å²) >= 11 is 0. The number of amides is 1. The van der Waals surface area contributed by atoms with Gasteiger partial charge >= 0.3 is 18.1 Å². The minimum atomic E-state index is -4.98. The molecule has 0 aliphatic carbocycles. The van der Waals surface area contributed by atoms with Gasteiger partial charge in [-0.2, -0.15) is 13.2 Å². The van der Waals surface area contributed by atoms with Crippen LogP contribution in [0.2, 0.25) is 0 Å². The third kappa shape index (κ3) is 3.02. The quantitative estimate of drug-likeness (QED) is 0.561. The average Bonchev–Trinajstić information content (AvgIpc) is 2.70. The fourth-order valence-corrected chi connectivity index (χ4v) is 2.03. The van der Waals surface area contributed by atoms with Crippen LogP contribution in [0.1, 0.15) is 13.3 Å². The van der Waals surface area contributed by atoms with E-state index in [1.807, 2.05) is 0 Å². The van der Waals surface area contributed by atoms with Crippen LogP contribution in [0.3, 0.4) is 0 Å². The molecule has 4 nitrogen and oxygen atoms in total. The second-order valence-corrected chi connectivity index (χ2v) is 4.02. The zero-order chi connectivity index (χ0) is 13.9. The maximum atomic E-state index is 12.4. The van der Waals surface area contributed by atoms with Gasteiger partial charge in [0, 0.05) is 6.54 Å². The Morgan fingerprint density at radius 2 is 2.00 bits per heavy atom. The van der Waals surface area contributed by atoms with E-state index in [0.29, 0.717) is 4.90 Å². The Bertz CT molecular complexity index is 365. The summed E-state index contributed by atoms with van der Waals surface area (Å²) in [5, 5.41) is 0. The molecule has 0 aromatic carbocycles. The zero-order valence-corrected chi connectivity index (χ0v) is 10.0. The molecule has 1 saturated heterocycles. The van der Waals surface area contributed by atoms with E-state index in [0.717, 1.165) is 7.11 Å². The zero-order valence-electron chi connectivity index (χ0n) is 10.0. The molecule has 1 fully saturated rings. The van der Waals surface area contributed by atoms with Gasteiger partial charge in [0.2, 0.25) is 0 Å². The standard InChI is InChI=1S/C11H14F3NO3/c1-3-4-7-5-8(9(16)18-2)15(6-7)10(17)11(12,13)14/h3-4,7-8H,5-6H2,1-2H3/t7?,8-/m0/s1. The Labute approximate surface area is 102 Å². The highest BCUT2D eigenvalue weighted by Gasteiger charge is 2.49. The molecule has 0 aromatic heterocycles. The number of nitrogens with zero attached hydrogens (tertiary/aromatic N) is 1. The van der Waals surface area contributed by atoms with Crippen molar-refractivity contribution in [1.82, 2.24) is 4.90 Å². The van der Waals surface area contributed by atoms with E-state index in [9.17, 15) is 22.8 Å². The van der Waals surface area contributed by atoms with Crippen molar-refractivity contribution in [2.45, 2.75) is 25.6 Å². The average molecular weight is 265 g/mol. The molecular weight excluding hydrogens is 251 g/mol. The molecule has 1 aliphatic heterocycles. The van der Waals surface area contributed by atoms with E-state index in [1.165, 1.54) is 0 Å². The fraction of sp³-hybridized carbons (Fsp3) is 0.636. The van der Waals surface area contributed by atoms with E-state index in [1.54, 1.807) is 19.1 Å². The number of hydrogen-bond donors (Lipinski definition) is 0. The molecule has 0 saturated carbocycles. The Kier molecular flexibility index (Phi) is 4.37. The SMILES string of the molecule is CC=CC1C[C@@H](C(=O)OC)N(C(=O)C(F)(F)F)C1. The maximum Gasteiger partial charge on any atom is 0.471 e. The van der Waals surface area contributed by atoms with Crippen LogP contribution < -0.4 is 0 Å². The number of esters is 1. The highest BCUT2D eigenvalue weighted by molar-refractivity contribution is 5.88. The van der Waals surface area contributed by atoms with Crippen molar-refractivity contribution in [2.75, 3.05) is 13.7 Å². The molecule has 1 amide bonds. The lowest BCUT2D eigenvalue weighted by Crippen LogP contribution is -2.47. The van der Waals surface area contributed by atoms with Crippen molar-refractivity contribution in [3.63, 3.8) is 0 Å². The lowest BCUT2D eigenvalue weighted by Gasteiger charge is -2.23. The van der Waals surface area contributed by atoms with Crippen molar-refractivity contribution in [1.29, 1.82) is 0 Å². The van der Waals surface area contributed by atoms with Crippen LogP contribution in [-0.2, 0) is 14.3 Å². The second kappa shape index (κ2) is 5.41. The van der Waals surface area contributed by atoms with Crippen LogP contribution in [0.4, 0.5) is 13.2 Å². The largest absolute Gasteiger partial charge is 0.471 e. The van der Waals surface area contributed by atoms with Crippen LogP contribution in [0, 0.1) is 5.92 Å². The summed E-state index contributed by atoms with van der Waals surface area (Å²) in [5.74, 6) is -3.07. The lowest BCUT2D eigenvalue weighted by molar-refractivity contribution is -0.188. The number of halogens is 3. The first-order valence-corrected chi connectivity index (χ1v) is 5.39. The number of alkyl halides is 3. The van der Waals surface area contributed by atoms with Crippen LogP contribution >= 0.6 is 0 Å². The van der Waals surface area contributed by atoms with Crippen molar-refractivity contribution < 1.29 is 27.5 Å². The smallest absolute Gasteiger partial charge is 0.467 e. The summed E-state index contributed by atoms with van der Waals surface area (Å²) in [6, 6.07) is -1.16. The van der Waals surface area contributed by atoms with Gasteiger partial charge in [0.25, 0.3) is 0 Å². The van der Waals surface area contributed by atoms with Gasteiger partial charge in [0.05, 0.1) is 7.11 Å². The fourth-order valence-electron chi connectivity index (χ4n) is 2.03. The van der Waals surface area contributed by atoms with Crippen LogP contribution in [-0.4, -0.2) is 42.6 Å². The highest BCUT2D eigenvalue weighted by Crippen LogP contribution is 2.30. The van der Waals surface area contributed by atoms with Crippen molar-refractivity contribution in [3.8, 4) is 0 Å². The van der Waals surface area contributed by atoms with E-state index in [-0.39, 0.29) is 18.9 Å². The number of hydrogen-bond acceptors (Lipinski definition) is 3. The number of rotatable bonds is 2. The van der Waals surface area contributed by atoms with Gasteiger partial charge in [-0.1, -0.05) is 12.2 Å². The van der Waals surface area contributed by atoms with Crippen LogP contribution in [0.5, 0.6) is 0 Å². The summed E-state index contributed by atoms with van der Waals surface area (Å²) in [6.07, 6.45) is -1.46. The number of ether oxygens (including phenoxy) is 1. The van der Waals surface area contributed by atoms with Gasteiger partial charge < -0.3 is 9.64 Å². The number of allylic oxidation sites excluding steroid dienone is 1. The van der Waals surface area contributed by atoms with Crippen LogP contribution in [0.15, 0.2) is 12.2 Å². The van der Waals surface area contributed by atoms with Gasteiger partial charge in [0.1, 0.15) is 6.04 Å². The Morgan fingerprint density at radius 1 is 1.39 bits per heavy atom. The number of methoxy groups -OCH3 is 1. The molecule has 0 bridgehead atoms. The van der Waals surface area contributed by atoms with Crippen molar-refractivity contribution in [2.24, 2.45) is 5.92 Å². The molecule has 102 valence electrons. The molecule has 1 unspecified atom stereocenters. The van der Waals surface area contributed by atoms with Gasteiger partial charge in [-0.15, -0.1) is 0 Å². The second-order valence-electron chi connectivity index (χ2n) is 4.02. The van der Waals surface area contributed by atoms with Crippen LogP contribution in [0.25, 0.3) is 0 Å². The van der Waals surface area contributed by atoms with E-state index in [4.69, 9.17) is 0 Å². The Balaban J connectivity index is 2.92. The first kappa shape index (κ1) is 14.5. The van der Waals surface area contributed by atoms with E-state index < -0.39 is 24.1 Å². The first-order chi connectivity index (χ1) is 8.31. The Hall–Kier alpha value is -1.53. The third-order valence-electron chi connectivity index (χ3n) is 2.77. The molecule has 0 radical (unpaired) electrons. The summed E-state index contributed by atoms with van der Waals surface area (Å²) < 4.78 is 41.6. The van der Waals surface area contributed by atoms with E-state index in [2.05, 4.69) is 4.74 Å².